The number of nitrogen functional groups attached to an aromatic ring is 1. The van der Waals surface area contributed by atoms with Crippen molar-refractivity contribution in [3.8, 4) is 0 Å². The van der Waals surface area contributed by atoms with E-state index >= 15 is 0 Å². The van der Waals surface area contributed by atoms with Crippen LogP contribution >= 0.6 is 11.3 Å². The zero-order valence-corrected chi connectivity index (χ0v) is 10.5. The van der Waals surface area contributed by atoms with Crippen LogP contribution in [-0.2, 0) is 4.74 Å². The van der Waals surface area contributed by atoms with Gasteiger partial charge in [0.15, 0.2) is 0 Å². The van der Waals surface area contributed by atoms with Crippen molar-refractivity contribution in [3.05, 3.63) is 16.3 Å². The quantitative estimate of drug-likeness (QED) is 0.747. The van der Waals surface area contributed by atoms with Crippen LogP contribution in [-0.4, -0.2) is 25.7 Å². The summed E-state index contributed by atoms with van der Waals surface area (Å²) >= 11 is 1.35. The van der Waals surface area contributed by atoms with E-state index < -0.39 is 0 Å². The Morgan fingerprint density at radius 1 is 1.62 bits per heavy atom. The van der Waals surface area contributed by atoms with Crippen LogP contribution in [0, 0.1) is 5.92 Å². The number of thiophene rings is 1. The van der Waals surface area contributed by atoms with E-state index in [2.05, 4.69) is 19.2 Å². The molecule has 90 valence electrons. The van der Waals surface area contributed by atoms with Crippen LogP contribution < -0.4 is 11.1 Å². The molecule has 1 aromatic rings. The smallest absolute Gasteiger partial charge is 0.263 e. The summed E-state index contributed by atoms with van der Waals surface area (Å²) in [6.07, 6.45) is 0. The highest BCUT2D eigenvalue weighted by atomic mass is 32.1. The maximum Gasteiger partial charge on any atom is 0.263 e. The highest BCUT2D eigenvalue weighted by Crippen LogP contribution is 2.17. The van der Waals surface area contributed by atoms with Gasteiger partial charge >= 0.3 is 0 Å². The highest BCUT2D eigenvalue weighted by molar-refractivity contribution is 7.12. The summed E-state index contributed by atoms with van der Waals surface area (Å²) in [6.45, 7) is 5.95. The van der Waals surface area contributed by atoms with Gasteiger partial charge in [0, 0.05) is 13.2 Å². The van der Waals surface area contributed by atoms with Gasteiger partial charge in [-0.3, -0.25) is 4.79 Å². The van der Waals surface area contributed by atoms with Crippen molar-refractivity contribution >= 4 is 22.9 Å². The number of rotatable bonds is 6. The Labute approximate surface area is 99.8 Å². The van der Waals surface area contributed by atoms with Gasteiger partial charge in [-0.2, -0.15) is 0 Å². The average molecular weight is 242 g/mol. The van der Waals surface area contributed by atoms with Crippen LogP contribution in [0.15, 0.2) is 11.4 Å². The van der Waals surface area contributed by atoms with Crippen LogP contribution in [0.4, 0.5) is 5.69 Å². The topological polar surface area (TPSA) is 64.3 Å². The second kappa shape index (κ2) is 6.50. The summed E-state index contributed by atoms with van der Waals surface area (Å²) < 4.78 is 5.35. The number of carbonyl (C=O) groups excluding carboxylic acids is 1. The third-order valence-corrected chi connectivity index (χ3v) is 2.81. The molecule has 0 aromatic carbocycles. The Hall–Kier alpha value is -1.07. The third kappa shape index (κ3) is 4.20. The zero-order valence-electron chi connectivity index (χ0n) is 9.66. The first-order valence-corrected chi connectivity index (χ1v) is 6.18. The van der Waals surface area contributed by atoms with Crippen molar-refractivity contribution in [2.45, 2.75) is 13.8 Å². The first-order valence-electron chi connectivity index (χ1n) is 5.30. The van der Waals surface area contributed by atoms with Gasteiger partial charge in [0.2, 0.25) is 0 Å². The van der Waals surface area contributed by atoms with E-state index in [1.54, 1.807) is 11.4 Å². The Balaban J connectivity index is 2.19. The Morgan fingerprint density at radius 2 is 2.38 bits per heavy atom. The molecular formula is C11H18N2O2S. The normalized spacial score (nSPS) is 10.7. The molecule has 1 aromatic heterocycles. The number of hydrogen-bond donors (Lipinski definition) is 2. The minimum Gasteiger partial charge on any atom is -0.397 e. The van der Waals surface area contributed by atoms with Crippen molar-refractivity contribution < 1.29 is 9.53 Å². The third-order valence-electron chi connectivity index (χ3n) is 1.89. The minimum atomic E-state index is -0.124. The second-order valence-corrected chi connectivity index (χ2v) is 4.85. The summed E-state index contributed by atoms with van der Waals surface area (Å²) in [6, 6.07) is 1.73. The van der Waals surface area contributed by atoms with Crippen LogP contribution in [0.3, 0.4) is 0 Å². The maximum absolute atomic E-state index is 11.6. The fraction of sp³-hybridized carbons (Fsp3) is 0.545. The van der Waals surface area contributed by atoms with Crippen molar-refractivity contribution in [2.24, 2.45) is 5.92 Å². The van der Waals surface area contributed by atoms with Gasteiger partial charge in [0.25, 0.3) is 5.91 Å². The molecule has 0 aliphatic rings. The van der Waals surface area contributed by atoms with Gasteiger partial charge in [0.05, 0.1) is 12.3 Å². The number of carbonyl (C=O) groups is 1. The summed E-state index contributed by atoms with van der Waals surface area (Å²) in [7, 11) is 0. The van der Waals surface area contributed by atoms with Crippen LogP contribution in [0.25, 0.3) is 0 Å². The van der Waals surface area contributed by atoms with Crippen molar-refractivity contribution in [1.29, 1.82) is 0 Å². The van der Waals surface area contributed by atoms with E-state index in [0.717, 1.165) is 6.61 Å². The van der Waals surface area contributed by atoms with Crippen molar-refractivity contribution in [3.63, 3.8) is 0 Å². The molecule has 0 fully saturated rings. The summed E-state index contributed by atoms with van der Waals surface area (Å²) in [4.78, 5) is 12.2. The zero-order chi connectivity index (χ0) is 12.0. The fourth-order valence-electron chi connectivity index (χ4n) is 1.14. The molecule has 1 rings (SSSR count). The lowest BCUT2D eigenvalue weighted by molar-refractivity contribution is 0.0890. The SMILES string of the molecule is CC(C)COCCNC(=O)c1sccc1N. The molecule has 0 radical (unpaired) electrons. The van der Waals surface area contributed by atoms with Crippen LogP contribution in [0.2, 0.25) is 0 Å². The average Bonchev–Trinajstić information content (AvgIpc) is 2.63. The molecule has 16 heavy (non-hydrogen) atoms. The largest absolute Gasteiger partial charge is 0.397 e. The lowest BCUT2D eigenvalue weighted by atomic mass is 10.2. The number of amides is 1. The van der Waals surface area contributed by atoms with E-state index in [9.17, 15) is 4.79 Å². The molecule has 0 aliphatic carbocycles. The van der Waals surface area contributed by atoms with Gasteiger partial charge in [0.1, 0.15) is 4.88 Å². The monoisotopic (exact) mass is 242 g/mol. The van der Waals surface area contributed by atoms with E-state index in [0.29, 0.717) is 29.6 Å². The summed E-state index contributed by atoms with van der Waals surface area (Å²) in [5, 5.41) is 4.57. The van der Waals surface area contributed by atoms with Gasteiger partial charge in [-0.25, -0.2) is 0 Å². The summed E-state index contributed by atoms with van der Waals surface area (Å²) in [5.74, 6) is 0.393. The number of ether oxygens (including phenoxy) is 1. The number of anilines is 1. The van der Waals surface area contributed by atoms with Crippen molar-refractivity contribution in [2.75, 3.05) is 25.5 Å². The number of hydrogen-bond acceptors (Lipinski definition) is 4. The van der Waals surface area contributed by atoms with Crippen molar-refractivity contribution in [1.82, 2.24) is 5.32 Å². The lowest BCUT2D eigenvalue weighted by Gasteiger charge is -2.07. The van der Waals surface area contributed by atoms with E-state index in [1.165, 1.54) is 11.3 Å². The predicted molar refractivity (Wildman–Crippen MR) is 66.7 cm³/mol. The molecule has 1 heterocycles. The molecular weight excluding hydrogens is 224 g/mol. The van der Waals surface area contributed by atoms with Crippen LogP contribution in [0.5, 0.6) is 0 Å². The van der Waals surface area contributed by atoms with E-state index in [4.69, 9.17) is 10.5 Å². The molecule has 0 spiro atoms. The number of nitrogens with one attached hydrogen (secondary N) is 1. The Bertz CT molecular complexity index is 336. The van der Waals surface area contributed by atoms with Gasteiger partial charge < -0.3 is 15.8 Å². The Kier molecular flexibility index (Phi) is 5.28. The molecule has 0 saturated heterocycles. The molecule has 0 aliphatic heterocycles. The van der Waals surface area contributed by atoms with Gasteiger partial charge in [-0.05, 0) is 17.4 Å². The lowest BCUT2D eigenvalue weighted by Crippen LogP contribution is -2.27. The molecule has 3 N–H and O–H groups in total. The van der Waals surface area contributed by atoms with Crippen LogP contribution in [0.1, 0.15) is 23.5 Å². The first-order chi connectivity index (χ1) is 7.61. The highest BCUT2D eigenvalue weighted by Gasteiger charge is 2.09. The molecule has 0 bridgehead atoms. The molecule has 4 nitrogen and oxygen atoms in total. The maximum atomic E-state index is 11.6. The predicted octanol–water partition coefficient (Wildman–Crippen LogP) is 1.73. The number of nitrogens with two attached hydrogens (primary N) is 1. The molecule has 1 amide bonds. The molecule has 0 unspecified atom stereocenters. The minimum absolute atomic E-state index is 0.124. The van der Waals surface area contributed by atoms with Gasteiger partial charge in [-0.15, -0.1) is 11.3 Å². The molecule has 5 heteroatoms. The standard InChI is InChI=1S/C11H18N2O2S/c1-8(2)7-15-5-4-13-11(14)10-9(12)3-6-16-10/h3,6,8H,4-5,7,12H2,1-2H3,(H,13,14). The first kappa shape index (κ1) is 13.0. The van der Waals surface area contributed by atoms with E-state index in [1.807, 2.05) is 0 Å². The van der Waals surface area contributed by atoms with E-state index in [-0.39, 0.29) is 5.91 Å². The summed E-state index contributed by atoms with van der Waals surface area (Å²) in [5.41, 5.74) is 6.16. The van der Waals surface area contributed by atoms with Gasteiger partial charge in [-0.1, -0.05) is 13.8 Å². The second-order valence-electron chi connectivity index (χ2n) is 3.93. The molecule has 0 saturated carbocycles. The fourth-order valence-corrected chi connectivity index (χ4v) is 1.87. The molecule has 0 atom stereocenters. The Morgan fingerprint density at radius 3 is 2.94 bits per heavy atom.